The van der Waals surface area contributed by atoms with Gasteiger partial charge in [-0.15, -0.1) is 24.0 Å². The van der Waals surface area contributed by atoms with Crippen LogP contribution in [0.25, 0.3) is 0 Å². The predicted octanol–water partition coefficient (Wildman–Crippen LogP) is 3.98. The molecule has 2 aromatic rings. The van der Waals surface area contributed by atoms with Crippen LogP contribution in [-0.4, -0.2) is 32.0 Å². The highest BCUT2D eigenvalue weighted by molar-refractivity contribution is 14.0. The highest BCUT2D eigenvalue weighted by Gasteiger charge is 2.30. The molecule has 0 spiro atoms. The number of hydrogen-bond acceptors (Lipinski definition) is 2. The van der Waals surface area contributed by atoms with Crippen molar-refractivity contribution in [2.45, 2.75) is 26.1 Å². The number of amides is 1. The molecule has 0 fully saturated rings. The number of carbonyl (C=O) groups is 1. The molecule has 0 heterocycles. The Labute approximate surface area is 191 Å². The number of hydrogen-bond donors (Lipinski definition) is 3. The Hall–Kier alpha value is -2.30. The predicted molar refractivity (Wildman–Crippen MR) is 123 cm³/mol. The lowest BCUT2D eigenvalue weighted by Crippen LogP contribution is -2.38. The first-order valence-corrected chi connectivity index (χ1v) is 9.32. The third kappa shape index (κ3) is 8.21. The molecule has 0 unspecified atom stereocenters. The van der Waals surface area contributed by atoms with Crippen LogP contribution in [0.1, 0.15) is 34.0 Å². The fraction of sp³-hybridized carbons (Fsp3) is 0.333. The van der Waals surface area contributed by atoms with Gasteiger partial charge in [0.15, 0.2) is 5.96 Å². The SMILES string of the molecule is CCNC(=NCc1cccc(C(F)(F)F)c1)NCCc1cccc(C(=O)NC)c1.I. The van der Waals surface area contributed by atoms with Crippen LogP contribution in [-0.2, 0) is 19.1 Å². The number of halogens is 4. The number of alkyl halides is 3. The number of aliphatic imine (C=N–C) groups is 1. The van der Waals surface area contributed by atoms with E-state index in [-0.39, 0.29) is 36.4 Å². The summed E-state index contributed by atoms with van der Waals surface area (Å²) >= 11 is 0. The highest BCUT2D eigenvalue weighted by Crippen LogP contribution is 2.29. The average Bonchev–Trinajstić information content (AvgIpc) is 2.71. The Morgan fingerprint density at radius 3 is 2.40 bits per heavy atom. The maximum absolute atomic E-state index is 12.8. The van der Waals surface area contributed by atoms with Gasteiger partial charge in [-0.2, -0.15) is 13.2 Å². The number of guanidine groups is 1. The molecule has 30 heavy (non-hydrogen) atoms. The van der Waals surface area contributed by atoms with Crippen LogP contribution in [0.5, 0.6) is 0 Å². The lowest BCUT2D eigenvalue weighted by atomic mass is 10.1. The number of benzene rings is 2. The van der Waals surface area contributed by atoms with Crippen LogP contribution in [0.15, 0.2) is 53.5 Å². The van der Waals surface area contributed by atoms with E-state index < -0.39 is 11.7 Å². The van der Waals surface area contributed by atoms with E-state index >= 15 is 0 Å². The molecule has 0 radical (unpaired) electrons. The fourth-order valence-corrected chi connectivity index (χ4v) is 2.70. The highest BCUT2D eigenvalue weighted by atomic mass is 127. The van der Waals surface area contributed by atoms with E-state index in [1.165, 1.54) is 6.07 Å². The van der Waals surface area contributed by atoms with Gasteiger partial charge in [0.2, 0.25) is 0 Å². The van der Waals surface area contributed by atoms with Crippen molar-refractivity contribution in [2.75, 3.05) is 20.1 Å². The molecule has 1 amide bonds. The van der Waals surface area contributed by atoms with Crippen LogP contribution in [0, 0.1) is 0 Å². The molecule has 2 rings (SSSR count). The molecular formula is C21H26F3IN4O. The Bertz CT molecular complexity index is 856. The average molecular weight is 534 g/mol. The molecule has 0 aliphatic rings. The van der Waals surface area contributed by atoms with Crippen LogP contribution in [0.4, 0.5) is 13.2 Å². The van der Waals surface area contributed by atoms with Gasteiger partial charge < -0.3 is 16.0 Å². The van der Waals surface area contributed by atoms with E-state index in [2.05, 4.69) is 20.9 Å². The molecule has 0 aliphatic carbocycles. The summed E-state index contributed by atoms with van der Waals surface area (Å²) in [4.78, 5) is 16.1. The quantitative estimate of drug-likeness (QED) is 0.286. The summed E-state index contributed by atoms with van der Waals surface area (Å²) in [5.41, 5.74) is 1.39. The van der Waals surface area contributed by atoms with Crippen LogP contribution in [0.2, 0.25) is 0 Å². The van der Waals surface area contributed by atoms with E-state index in [1.54, 1.807) is 19.2 Å². The van der Waals surface area contributed by atoms with Crippen molar-refractivity contribution < 1.29 is 18.0 Å². The number of nitrogens with zero attached hydrogens (tertiary/aromatic N) is 1. The van der Waals surface area contributed by atoms with Crippen LogP contribution < -0.4 is 16.0 Å². The zero-order valence-electron chi connectivity index (χ0n) is 16.8. The first-order chi connectivity index (χ1) is 13.8. The van der Waals surface area contributed by atoms with Gasteiger partial charge >= 0.3 is 6.18 Å². The van der Waals surface area contributed by atoms with E-state index in [9.17, 15) is 18.0 Å². The minimum Gasteiger partial charge on any atom is -0.357 e. The van der Waals surface area contributed by atoms with Crippen molar-refractivity contribution in [2.24, 2.45) is 4.99 Å². The van der Waals surface area contributed by atoms with Crippen molar-refractivity contribution in [3.8, 4) is 0 Å². The fourth-order valence-electron chi connectivity index (χ4n) is 2.70. The van der Waals surface area contributed by atoms with Crippen molar-refractivity contribution in [1.29, 1.82) is 0 Å². The summed E-state index contributed by atoms with van der Waals surface area (Å²) in [6.45, 7) is 3.23. The largest absolute Gasteiger partial charge is 0.416 e. The minimum atomic E-state index is -4.37. The van der Waals surface area contributed by atoms with E-state index in [0.717, 1.165) is 17.7 Å². The molecule has 0 saturated carbocycles. The van der Waals surface area contributed by atoms with E-state index in [0.29, 0.717) is 36.6 Å². The zero-order chi connectivity index (χ0) is 21.3. The van der Waals surface area contributed by atoms with E-state index in [4.69, 9.17) is 0 Å². The van der Waals surface area contributed by atoms with Crippen molar-refractivity contribution >= 4 is 35.8 Å². The molecule has 9 heteroatoms. The second kappa shape index (κ2) is 12.4. The molecule has 0 saturated heterocycles. The van der Waals surface area contributed by atoms with Gasteiger partial charge in [0.1, 0.15) is 0 Å². The lowest BCUT2D eigenvalue weighted by molar-refractivity contribution is -0.137. The molecule has 0 aromatic heterocycles. The maximum atomic E-state index is 12.8. The Balaban J connectivity index is 0.00000450. The number of rotatable bonds is 7. The standard InChI is InChI=1S/C21H25F3N4O.HI/c1-3-26-20(28-14-16-7-5-9-18(13-16)21(22,23)24)27-11-10-15-6-4-8-17(12-15)19(29)25-2;/h4-9,12-13H,3,10-11,14H2,1-2H3,(H,25,29)(H2,26,27,28);1H. The van der Waals surface area contributed by atoms with Crippen molar-refractivity contribution in [3.63, 3.8) is 0 Å². The Morgan fingerprint density at radius 2 is 1.73 bits per heavy atom. The molecule has 164 valence electrons. The summed E-state index contributed by atoms with van der Waals surface area (Å²) in [5, 5.41) is 8.83. The van der Waals surface area contributed by atoms with Crippen LogP contribution >= 0.6 is 24.0 Å². The summed E-state index contributed by atoms with van der Waals surface area (Å²) in [7, 11) is 1.58. The summed E-state index contributed by atoms with van der Waals surface area (Å²) < 4.78 is 38.5. The molecule has 0 aliphatic heterocycles. The summed E-state index contributed by atoms with van der Waals surface area (Å²) in [6, 6.07) is 12.5. The Morgan fingerprint density at radius 1 is 1.03 bits per heavy atom. The summed E-state index contributed by atoms with van der Waals surface area (Å²) in [6.07, 6.45) is -3.70. The number of carbonyl (C=O) groups excluding carboxylic acids is 1. The van der Waals surface area contributed by atoms with Gasteiger partial charge in [0.05, 0.1) is 12.1 Å². The first kappa shape index (κ1) is 25.7. The van der Waals surface area contributed by atoms with Gasteiger partial charge in [0.25, 0.3) is 5.91 Å². The minimum absolute atomic E-state index is 0. The van der Waals surface area contributed by atoms with Gasteiger partial charge in [0, 0.05) is 25.7 Å². The van der Waals surface area contributed by atoms with Crippen molar-refractivity contribution in [1.82, 2.24) is 16.0 Å². The lowest BCUT2D eigenvalue weighted by Gasteiger charge is -2.12. The van der Waals surface area contributed by atoms with Crippen molar-refractivity contribution in [3.05, 3.63) is 70.8 Å². The number of nitrogens with one attached hydrogen (secondary N) is 3. The summed E-state index contributed by atoms with van der Waals surface area (Å²) in [5.74, 6) is 0.378. The second-order valence-electron chi connectivity index (χ2n) is 6.35. The van der Waals surface area contributed by atoms with Gasteiger partial charge in [-0.05, 0) is 48.7 Å². The van der Waals surface area contributed by atoms with Gasteiger partial charge in [-0.25, -0.2) is 4.99 Å². The smallest absolute Gasteiger partial charge is 0.357 e. The normalized spacial score (nSPS) is 11.4. The Kier molecular flexibility index (Phi) is 10.6. The van der Waals surface area contributed by atoms with Gasteiger partial charge in [-0.3, -0.25) is 4.79 Å². The van der Waals surface area contributed by atoms with E-state index in [1.807, 2.05) is 25.1 Å². The first-order valence-electron chi connectivity index (χ1n) is 9.32. The maximum Gasteiger partial charge on any atom is 0.416 e. The molecule has 0 bridgehead atoms. The molecule has 2 aromatic carbocycles. The topological polar surface area (TPSA) is 65.5 Å². The monoisotopic (exact) mass is 534 g/mol. The third-order valence-corrected chi connectivity index (χ3v) is 4.14. The third-order valence-electron chi connectivity index (χ3n) is 4.14. The molecule has 0 atom stereocenters. The molecular weight excluding hydrogens is 508 g/mol. The molecule has 5 nitrogen and oxygen atoms in total. The second-order valence-corrected chi connectivity index (χ2v) is 6.35. The van der Waals surface area contributed by atoms with Gasteiger partial charge in [-0.1, -0.05) is 24.3 Å². The zero-order valence-corrected chi connectivity index (χ0v) is 19.2. The molecule has 3 N–H and O–H groups in total. The van der Waals surface area contributed by atoms with Crippen LogP contribution in [0.3, 0.4) is 0 Å².